The molecule has 4 rings (SSSR count). The number of carbonyl (C=O) groups is 1. The van der Waals surface area contributed by atoms with E-state index >= 15 is 0 Å². The van der Waals surface area contributed by atoms with Crippen LogP contribution in [0.25, 0.3) is 11.0 Å². The number of amides is 1. The standard InChI is InChI=1S/C9H7FN2O.C6H11NO2.C3H8.C2H6/c10-6-1-2-7-9-8(6)11-5-12(9)3-4-13-7;1-9-6(8)7-4-2-3-5-7;1-3-2;1-2/h1-2,5H,3-4H2;2-5H2,1H3;3H2,1-2H3;1-2H3. The molecule has 3 heterocycles. The number of likely N-dealkylation sites (tertiary alicyclic amines) is 1. The monoisotopic (exact) mass is 381 g/mol. The van der Waals surface area contributed by atoms with E-state index in [1.54, 1.807) is 17.3 Å². The highest BCUT2D eigenvalue weighted by Crippen LogP contribution is 2.29. The molecule has 1 fully saturated rings. The third-order valence-electron chi connectivity index (χ3n) is 3.81. The number of aromatic nitrogens is 2. The average molecular weight is 381 g/mol. The second-order valence-corrected chi connectivity index (χ2v) is 5.90. The zero-order chi connectivity index (χ0) is 20.2. The van der Waals surface area contributed by atoms with Crippen LogP contribution in [-0.2, 0) is 11.3 Å². The normalized spacial score (nSPS) is 13.9. The Morgan fingerprint density at radius 3 is 2.44 bits per heavy atom. The van der Waals surface area contributed by atoms with Crippen LogP contribution in [0.5, 0.6) is 5.75 Å². The molecule has 152 valence electrons. The summed E-state index contributed by atoms with van der Waals surface area (Å²) < 4.78 is 25.0. The van der Waals surface area contributed by atoms with E-state index in [-0.39, 0.29) is 11.9 Å². The molecule has 2 aliphatic heterocycles. The van der Waals surface area contributed by atoms with Gasteiger partial charge >= 0.3 is 6.09 Å². The van der Waals surface area contributed by atoms with Crippen molar-refractivity contribution in [2.24, 2.45) is 0 Å². The molecule has 7 heteroatoms. The van der Waals surface area contributed by atoms with Crippen molar-refractivity contribution in [2.75, 3.05) is 26.8 Å². The van der Waals surface area contributed by atoms with Gasteiger partial charge in [-0.15, -0.1) is 0 Å². The Labute approximate surface area is 161 Å². The van der Waals surface area contributed by atoms with E-state index in [4.69, 9.17) is 4.74 Å². The Morgan fingerprint density at radius 2 is 1.85 bits per heavy atom. The number of benzene rings is 1. The Hall–Kier alpha value is -2.31. The van der Waals surface area contributed by atoms with Crippen LogP contribution >= 0.6 is 0 Å². The second kappa shape index (κ2) is 12.1. The van der Waals surface area contributed by atoms with Crippen LogP contribution in [0.3, 0.4) is 0 Å². The molecule has 1 saturated heterocycles. The van der Waals surface area contributed by atoms with E-state index in [0.29, 0.717) is 12.1 Å². The molecule has 0 saturated carbocycles. The van der Waals surface area contributed by atoms with Crippen molar-refractivity contribution in [3.63, 3.8) is 0 Å². The topological polar surface area (TPSA) is 56.6 Å². The second-order valence-electron chi connectivity index (χ2n) is 5.90. The molecule has 0 atom stereocenters. The summed E-state index contributed by atoms with van der Waals surface area (Å²) in [6.07, 6.45) is 4.96. The van der Waals surface area contributed by atoms with Crippen molar-refractivity contribution < 1.29 is 18.7 Å². The summed E-state index contributed by atoms with van der Waals surface area (Å²) >= 11 is 0. The maximum Gasteiger partial charge on any atom is 0.409 e. The first kappa shape index (κ1) is 22.7. The van der Waals surface area contributed by atoms with Gasteiger partial charge in [-0.3, -0.25) is 0 Å². The third-order valence-corrected chi connectivity index (χ3v) is 3.81. The Morgan fingerprint density at radius 1 is 1.22 bits per heavy atom. The van der Waals surface area contributed by atoms with Crippen LogP contribution in [0.15, 0.2) is 18.5 Å². The molecule has 6 nitrogen and oxygen atoms in total. The Kier molecular flexibility index (Phi) is 10.2. The molecular formula is C20H32FN3O3. The Bertz CT molecular complexity index is 697. The maximum atomic E-state index is 13.2. The molecule has 2 aliphatic rings. The lowest BCUT2D eigenvalue weighted by Gasteiger charge is -2.15. The summed E-state index contributed by atoms with van der Waals surface area (Å²) in [4.78, 5) is 16.4. The number of nitrogens with zero attached hydrogens (tertiary/aromatic N) is 3. The quantitative estimate of drug-likeness (QED) is 0.654. The van der Waals surface area contributed by atoms with Gasteiger partial charge in [0, 0.05) is 13.1 Å². The molecule has 1 aromatic carbocycles. The molecule has 1 aromatic heterocycles. The minimum atomic E-state index is -0.289. The maximum absolute atomic E-state index is 13.2. The lowest BCUT2D eigenvalue weighted by atomic mass is 10.2. The van der Waals surface area contributed by atoms with Crippen LogP contribution in [-0.4, -0.2) is 47.4 Å². The number of imidazole rings is 1. The fraction of sp³-hybridized carbons (Fsp3) is 0.600. The molecule has 0 spiro atoms. The molecular weight excluding hydrogens is 349 g/mol. The first-order valence-electron chi connectivity index (χ1n) is 9.71. The number of hydrogen-bond acceptors (Lipinski definition) is 4. The number of halogens is 1. The van der Waals surface area contributed by atoms with Gasteiger partial charge in [-0.25, -0.2) is 14.2 Å². The summed E-state index contributed by atoms with van der Waals surface area (Å²) in [6.45, 7) is 11.4. The van der Waals surface area contributed by atoms with Gasteiger partial charge in [-0.2, -0.15) is 0 Å². The van der Waals surface area contributed by atoms with Crippen molar-refractivity contribution in [3.8, 4) is 5.75 Å². The fourth-order valence-corrected chi connectivity index (χ4v) is 2.69. The van der Waals surface area contributed by atoms with Crippen LogP contribution in [0, 0.1) is 5.82 Å². The van der Waals surface area contributed by atoms with E-state index in [0.717, 1.165) is 43.7 Å². The minimum Gasteiger partial charge on any atom is -0.489 e. The van der Waals surface area contributed by atoms with Gasteiger partial charge in [0.1, 0.15) is 23.4 Å². The van der Waals surface area contributed by atoms with E-state index in [9.17, 15) is 9.18 Å². The van der Waals surface area contributed by atoms with E-state index in [1.165, 1.54) is 19.6 Å². The van der Waals surface area contributed by atoms with Crippen molar-refractivity contribution in [1.29, 1.82) is 0 Å². The van der Waals surface area contributed by atoms with Gasteiger partial charge in [-0.05, 0) is 25.0 Å². The lowest BCUT2D eigenvalue weighted by molar-refractivity contribution is 0.133. The predicted octanol–water partition coefficient (Wildman–Crippen LogP) is 4.86. The molecule has 1 amide bonds. The number of rotatable bonds is 0. The van der Waals surface area contributed by atoms with Crippen molar-refractivity contribution in [3.05, 3.63) is 24.3 Å². The minimum absolute atomic E-state index is 0.187. The summed E-state index contributed by atoms with van der Waals surface area (Å²) in [7, 11) is 1.42. The summed E-state index contributed by atoms with van der Waals surface area (Å²) in [5.41, 5.74) is 1.17. The SMILES string of the molecule is CC.CCC.COC(=O)N1CCCC1.Fc1ccc2c3c1ncn3CCO2. The molecule has 0 aliphatic carbocycles. The van der Waals surface area contributed by atoms with Crippen LogP contribution < -0.4 is 4.74 Å². The van der Waals surface area contributed by atoms with E-state index in [2.05, 4.69) is 23.6 Å². The summed E-state index contributed by atoms with van der Waals surface area (Å²) in [5, 5.41) is 0. The van der Waals surface area contributed by atoms with Crippen LogP contribution in [0.2, 0.25) is 0 Å². The molecule has 0 unspecified atom stereocenters. The van der Waals surface area contributed by atoms with Gasteiger partial charge in [0.2, 0.25) is 0 Å². The first-order valence-corrected chi connectivity index (χ1v) is 9.71. The van der Waals surface area contributed by atoms with Gasteiger partial charge in [0.25, 0.3) is 0 Å². The number of hydrogen-bond donors (Lipinski definition) is 0. The highest BCUT2D eigenvalue weighted by Gasteiger charge is 2.17. The highest BCUT2D eigenvalue weighted by molar-refractivity contribution is 5.83. The molecule has 0 bridgehead atoms. The van der Waals surface area contributed by atoms with Gasteiger partial charge < -0.3 is 18.9 Å². The molecule has 0 N–H and O–H groups in total. The summed E-state index contributed by atoms with van der Waals surface area (Å²) in [6, 6.07) is 3.04. The molecule has 0 radical (unpaired) electrons. The Balaban J connectivity index is 0.000000229. The zero-order valence-corrected chi connectivity index (χ0v) is 17.1. The number of carbonyl (C=O) groups excluding carboxylic acids is 1. The number of ether oxygens (including phenoxy) is 2. The molecule has 2 aromatic rings. The zero-order valence-electron chi connectivity index (χ0n) is 17.1. The predicted molar refractivity (Wildman–Crippen MR) is 106 cm³/mol. The smallest absolute Gasteiger partial charge is 0.409 e. The van der Waals surface area contributed by atoms with E-state index < -0.39 is 0 Å². The van der Waals surface area contributed by atoms with Crippen molar-refractivity contribution in [2.45, 2.75) is 53.5 Å². The van der Waals surface area contributed by atoms with Crippen molar-refractivity contribution in [1.82, 2.24) is 14.5 Å². The number of methoxy groups -OCH3 is 1. The largest absolute Gasteiger partial charge is 0.489 e. The van der Waals surface area contributed by atoms with Crippen LogP contribution in [0.1, 0.15) is 47.0 Å². The van der Waals surface area contributed by atoms with Gasteiger partial charge in [-0.1, -0.05) is 34.1 Å². The van der Waals surface area contributed by atoms with Gasteiger partial charge in [0.05, 0.1) is 20.0 Å². The van der Waals surface area contributed by atoms with Crippen molar-refractivity contribution >= 4 is 17.1 Å². The fourth-order valence-electron chi connectivity index (χ4n) is 2.69. The average Bonchev–Trinajstić information content (AvgIpc) is 3.38. The van der Waals surface area contributed by atoms with Crippen LogP contribution in [0.4, 0.5) is 9.18 Å². The lowest BCUT2D eigenvalue weighted by Crippen LogP contribution is -2.27. The highest BCUT2D eigenvalue weighted by atomic mass is 19.1. The first-order chi connectivity index (χ1) is 13.1. The summed E-state index contributed by atoms with van der Waals surface area (Å²) in [5.74, 6) is 0.433. The third kappa shape index (κ3) is 6.12. The van der Waals surface area contributed by atoms with E-state index in [1.807, 2.05) is 18.4 Å². The molecule has 27 heavy (non-hydrogen) atoms. The van der Waals surface area contributed by atoms with Gasteiger partial charge in [0.15, 0.2) is 5.82 Å².